The molecular weight excluding hydrogens is 318 g/mol. The molecule has 3 aromatic rings. The molecule has 0 radical (unpaired) electrons. The minimum absolute atomic E-state index is 0.245. The number of carbonyl (C=O) groups is 1. The van der Waals surface area contributed by atoms with Gasteiger partial charge in [0.1, 0.15) is 21.9 Å². The molecule has 0 aromatic carbocycles. The first-order valence-electron chi connectivity index (χ1n) is 7.12. The van der Waals surface area contributed by atoms with Crippen LogP contribution >= 0.6 is 11.3 Å². The number of rotatable bonds is 4. The van der Waals surface area contributed by atoms with Crippen molar-refractivity contribution < 1.29 is 14.6 Å². The van der Waals surface area contributed by atoms with E-state index in [9.17, 15) is 4.79 Å². The van der Waals surface area contributed by atoms with Gasteiger partial charge in [-0.05, 0) is 6.07 Å². The molecule has 3 aromatic heterocycles. The van der Waals surface area contributed by atoms with E-state index in [1.54, 1.807) is 6.07 Å². The third kappa shape index (κ3) is 2.59. The predicted molar refractivity (Wildman–Crippen MR) is 84.0 cm³/mol. The van der Waals surface area contributed by atoms with Crippen LogP contribution in [-0.2, 0) is 13.1 Å². The minimum Gasteiger partial charge on any atom is -0.478 e. The van der Waals surface area contributed by atoms with E-state index in [-0.39, 0.29) is 4.88 Å². The summed E-state index contributed by atoms with van der Waals surface area (Å²) in [6, 6.07) is 3.49. The van der Waals surface area contributed by atoms with E-state index in [1.165, 1.54) is 6.33 Å². The Bertz CT molecular complexity index is 864. The fourth-order valence-corrected chi connectivity index (χ4v) is 3.32. The van der Waals surface area contributed by atoms with Crippen LogP contribution < -0.4 is 10.1 Å². The molecule has 4 rings (SSSR count). The van der Waals surface area contributed by atoms with Crippen molar-refractivity contribution in [2.45, 2.75) is 19.5 Å². The zero-order valence-electron chi connectivity index (χ0n) is 12.0. The van der Waals surface area contributed by atoms with E-state index in [0.29, 0.717) is 22.6 Å². The lowest BCUT2D eigenvalue weighted by Crippen LogP contribution is -2.14. The van der Waals surface area contributed by atoms with Crippen molar-refractivity contribution >= 4 is 33.3 Å². The van der Waals surface area contributed by atoms with Gasteiger partial charge >= 0.3 is 5.97 Å². The molecule has 1 aliphatic heterocycles. The van der Waals surface area contributed by atoms with Crippen molar-refractivity contribution in [3.63, 3.8) is 0 Å². The van der Waals surface area contributed by atoms with Gasteiger partial charge in [-0.3, -0.25) is 0 Å². The molecule has 0 fully saturated rings. The van der Waals surface area contributed by atoms with E-state index in [1.807, 2.05) is 10.7 Å². The number of aromatic nitrogens is 4. The number of aromatic carboxylic acids is 1. The number of fused-ring (bicyclic) bond motifs is 2. The Balaban J connectivity index is 1.57. The molecule has 9 heteroatoms. The molecule has 0 spiro atoms. The van der Waals surface area contributed by atoms with E-state index >= 15 is 0 Å². The van der Waals surface area contributed by atoms with Crippen molar-refractivity contribution in [1.29, 1.82) is 0 Å². The standard InChI is InChI=1S/C14H13N5O3S/c20-14(21)10-5-9-12(16-7-17-13(9)23-10)15-6-8-4-11-19(18-8)2-1-3-22-11/h4-5,7H,1-3,6H2,(H,20,21)(H,15,16,17). The van der Waals surface area contributed by atoms with Crippen molar-refractivity contribution in [1.82, 2.24) is 19.7 Å². The highest BCUT2D eigenvalue weighted by atomic mass is 32.1. The summed E-state index contributed by atoms with van der Waals surface area (Å²) < 4.78 is 7.39. The first kappa shape index (κ1) is 13.9. The molecule has 23 heavy (non-hydrogen) atoms. The van der Waals surface area contributed by atoms with Crippen molar-refractivity contribution in [2.75, 3.05) is 11.9 Å². The topological polar surface area (TPSA) is 102 Å². The second-order valence-corrected chi connectivity index (χ2v) is 6.14. The normalized spacial score (nSPS) is 13.6. The van der Waals surface area contributed by atoms with Crippen LogP contribution in [0, 0.1) is 0 Å². The van der Waals surface area contributed by atoms with Crippen LogP contribution in [0.25, 0.3) is 10.2 Å². The van der Waals surface area contributed by atoms with Crippen LogP contribution in [0.2, 0.25) is 0 Å². The van der Waals surface area contributed by atoms with Gasteiger partial charge in [0.2, 0.25) is 5.88 Å². The molecule has 0 aliphatic carbocycles. The third-order valence-corrected chi connectivity index (χ3v) is 4.57. The van der Waals surface area contributed by atoms with Gasteiger partial charge in [0.15, 0.2) is 0 Å². The maximum absolute atomic E-state index is 11.1. The summed E-state index contributed by atoms with van der Waals surface area (Å²) in [7, 11) is 0. The number of anilines is 1. The van der Waals surface area contributed by atoms with Gasteiger partial charge in [0.05, 0.1) is 24.2 Å². The molecule has 2 N–H and O–H groups in total. The van der Waals surface area contributed by atoms with Crippen LogP contribution in [0.3, 0.4) is 0 Å². The van der Waals surface area contributed by atoms with Crippen LogP contribution in [0.4, 0.5) is 5.82 Å². The fraction of sp³-hybridized carbons (Fsp3) is 0.286. The Morgan fingerprint density at radius 1 is 1.43 bits per heavy atom. The molecule has 0 amide bonds. The number of hydrogen-bond donors (Lipinski definition) is 2. The minimum atomic E-state index is -0.960. The van der Waals surface area contributed by atoms with E-state index in [2.05, 4.69) is 20.4 Å². The summed E-state index contributed by atoms with van der Waals surface area (Å²) in [4.78, 5) is 20.3. The summed E-state index contributed by atoms with van der Waals surface area (Å²) >= 11 is 1.13. The molecule has 0 saturated heterocycles. The van der Waals surface area contributed by atoms with Crippen molar-refractivity contribution in [2.24, 2.45) is 0 Å². The second-order valence-electron chi connectivity index (χ2n) is 5.11. The SMILES string of the molecule is O=C(O)c1cc2c(NCc3cc4n(n3)CCCO4)ncnc2s1. The van der Waals surface area contributed by atoms with E-state index < -0.39 is 5.97 Å². The number of thiophene rings is 1. The molecule has 0 bridgehead atoms. The molecule has 0 atom stereocenters. The number of carboxylic acid groups (broad SMARTS) is 1. The highest BCUT2D eigenvalue weighted by molar-refractivity contribution is 7.20. The third-order valence-electron chi connectivity index (χ3n) is 3.53. The predicted octanol–water partition coefficient (Wildman–Crippen LogP) is 1.98. The Labute approximate surface area is 134 Å². The Morgan fingerprint density at radius 3 is 3.17 bits per heavy atom. The maximum Gasteiger partial charge on any atom is 0.345 e. The van der Waals surface area contributed by atoms with Gasteiger partial charge in [-0.2, -0.15) is 5.10 Å². The van der Waals surface area contributed by atoms with Crippen molar-refractivity contribution in [3.05, 3.63) is 29.0 Å². The lowest BCUT2D eigenvalue weighted by Gasteiger charge is -2.13. The maximum atomic E-state index is 11.1. The van der Waals surface area contributed by atoms with Crippen LogP contribution in [0.15, 0.2) is 18.5 Å². The molecule has 8 nitrogen and oxygen atoms in total. The van der Waals surface area contributed by atoms with Gasteiger partial charge in [-0.15, -0.1) is 11.3 Å². The second kappa shape index (κ2) is 5.51. The van der Waals surface area contributed by atoms with Gasteiger partial charge in [-0.1, -0.05) is 0 Å². The summed E-state index contributed by atoms with van der Waals surface area (Å²) in [6.45, 7) is 2.06. The summed E-state index contributed by atoms with van der Waals surface area (Å²) in [5.41, 5.74) is 0.849. The van der Waals surface area contributed by atoms with Crippen LogP contribution in [0.1, 0.15) is 21.8 Å². The first-order chi connectivity index (χ1) is 11.2. The van der Waals surface area contributed by atoms with Crippen LogP contribution in [0.5, 0.6) is 5.88 Å². The zero-order chi connectivity index (χ0) is 15.8. The van der Waals surface area contributed by atoms with Gasteiger partial charge < -0.3 is 15.2 Å². The number of aryl methyl sites for hydroxylation is 1. The number of nitrogens with zero attached hydrogens (tertiary/aromatic N) is 4. The number of hydrogen-bond acceptors (Lipinski definition) is 7. The number of ether oxygens (including phenoxy) is 1. The summed E-state index contributed by atoms with van der Waals surface area (Å²) in [5.74, 6) is 0.424. The van der Waals surface area contributed by atoms with E-state index in [4.69, 9.17) is 9.84 Å². The Kier molecular flexibility index (Phi) is 3.34. The lowest BCUT2D eigenvalue weighted by molar-refractivity contribution is 0.0702. The highest BCUT2D eigenvalue weighted by Crippen LogP contribution is 2.28. The Morgan fingerprint density at radius 2 is 2.35 bits per heavy atom. The molecule has 0 saturated carbocycles. The first-order valence-corrected chi connectivity index (χ1v) is 7.93. The number of nitrogens with one attached hydrogen (secondary N) is 1. The van der Waals surface area contributed by atoms with Crippen LogP contribution in [-0.4, -0.2) is 37.4 Å². The zero-order valence-corrected chi connectivity index (χ0v) is 12.8. The quantitative estimate of drug-likeness (QED) is 0.753. The average molecular weight is 331 g/mol. The molecular formula is C14H13N5O3S. The summed E-state index contributed by atoms with van der Waals surface area (Å²) in [6.07, 6.45) is 2.38. The smallest absolute Gasteiger partial charge is 0.345 e. The lowest BCUT2D eigenvalue weighted by atomic mass is 10.3. The average Bonchev–Trinajstić information content (AvgIpc) is 3.16. The molecule has 0 unspecified atom stereocenters. The van der Waals surface area contributed by atoms with E-state index in [0.717, 1.165) is 42.5 Å². The Hall–Kier alpha value is -2.68. The molecule has 1 aliphatic rings. The van der Waals surface area contributed by atoms with Gasteiger partial charge in [0.25, 0.3) is 0 Å². The fourth-order valence-electron chi connectivity index (χ4n) is 2.48. The highest BCUT2D eigenvalue weighted by Gasteiger charge is 2.15. The number of carboxylic acids is 1. The van der Waals surface area contributed by atoms with Gasteiger partial charge in [-0.25, -0.2) is 19.4 Å². The van der Waals surface area contributed by atoms with Crippen molar-refractivity contribution in [3.8, 4) is 5.88 Å². The van der Waals surface area contributed by atoms with Gasteiger partial charge in [0, 0.05) is 19.0 Å². The summed E-state index contributed by atoms with van der Waals surface area (Å²) in [5, 5.41) is 17.5. The molecule has 118 valence electrons. The molecule has 4 heterocycles. The monoisotopic (exact) mass is 331 g/mol. The largest absolute Gasteiger partial charge is 0.478 e.